The van der Waals surface area contributed by atoms with E-state index in [2.05, 4.69) is 70.0 Å². The highest BCUT2D eigenvalue weighted by Gasteiger charge is 2.30. The summed E-state index contributed by atoms with van der Waals surface area (Å²) in [7, 11) is 0. The van der Waals surface area contributed by atoms with Gasteiger partial charge in [-0.15, -0.1) is 0 Å². The van der Waals surface area contributed by atoms with Gasteiger partial charge in [0.25, 0.3) is 0 Å². The molecule has 9 rings (SSSR count). The van der Waals surface area contributed by atoms with E-state index in [0.717, 1.165) is 51.3 Å². The second-order valence-electron chi connectivity index (χ2n) is 9.66. The van der Waals surface area contributed by atoms with Crippen molar-refractivity contribution in [3.63, 3.8) is 0 Å². The number of fused-ring (bicyclic) bond motifs is 16. The third-order valence-electron chi connectivity index (χ3n) is 7.99. The van der Waals surface area contributed by atoms with Crippen LogP contribution in [0.15, 0.2) is 85.3 Å². The number of imidazole rings is 1. The molecule has 7 aromatic rings. The molecule has 0 unspecified atom stereocenters. The van der Waals surface area contributed by atoms with Crippen molar-refractivity contribution in [2.24, 2.45) is 0 Å². The van der Waals surface area contributed by atoms with Gasteiger partial charge in [-0.1, -0.05) is 42.5 Å². The number of nitrogens with zero attached hydrogens (tertiary/aromatic N) is 4. The van der Waals surface area contributed by atoms with Crippen LogP contribution in [0.2, 0.25) is 0 Å². The van der Waals surface area contributed by atoms with Crippen molar-refractivity contribution in [3.05, 3.63) is 108 Å². The molecule has 0 spiro atoms. The third-order valence-corrected chi connectivity index (χ3v) is 7.99. The van der Waals surface area contributed by atoms with Gasteiger partial charge in [0.2, 0.25) is 0 Å². The Hall–Kier alpha value is -4.57. The minimum Gasteiger partial charge on any atom is -0.290 e. The van der Waals surface area contributed by atoms with E-state index < -0.39 is 0 Å². The Morgan fingerprint density at radius 1 is 0.629 bits per heavy atom. The SMILES string of the molecule is c1ccc2c(c1)Cc1c-2ccc2c1-c1ccc3c(nc4c5ccncc5c5ncccc5n34)c1C2. The van der Waals surface area contributed by atoms with Crippen LogP contribution < -0.4 is 0 Å². The lowest BCUT2D eigenvalue weighted by Crippen LogP contribution is -1.93. The molecular formula is C31H18N4. The Morgan fingerprint density at radius 2 is 1.51 bits per heavy atom. The van der Waals surface area contributed by atoms with Gasteiger partial charge in [0.1, 0.15) is 5.65 Å². The number of hydrogen-bond donors (Lipinski definition) is 0. The summed E-state index contributed by atoms with van der Waals surface area (Å²) in [6, 6.07) is 24.2. The highest BCUT2D eigenvalue weighted by Crippen LogP contribution is 2.49. The van der Waals surface area contributed by atoms with Crippen molar-refractivity contribution in [3.8, 4) is 22.3 Å². The molecule has 162 valence electrons. The van der Waals surface area contributed by atoms with Gasteiger partial charge in [-0.05, 0) is 75.2 Å². The van der Waals surface area contributed by atoms with Crippen LogP contribution in [0.4, 0.5) is 0 Å². The van der Waals surface area contributed by atoms with Crippen LogP contribution in [-0.4, -0.2) is 19.4 Å². The summed E-state index contributed by atoms with van der Waals surface area (Å²) in [6.45, 7) is 0. The molecule has 0 radical (unpaired) electrons. The van der Waals surface area contributed by atoms with Crippen LogP contribution in [0.3, 0.4) is 0 Å². The van der Waals surface area contributed by atoms with E-state index in [1.54, 1.807) is 0 Å². The average Bonchev–Trinajstić information content (AvgIpc) is 3.59. The standard InChI is InChI=1S/C31H18N4/c1-2-5-19-17(4-1)14-23-20(19)8-7-18-15-24-21(28(18)23)9-10-27-30(24)34-31-22-11-13-32-16-25(22)29-26(35(27)31)6-3-12-33-29/h1-13,16H,14-15H2. The Labute approximate surface area is 200 Å². The molecule has 0 bridgehead atoms. The summed E-state index contributed by atoms with van der Waals surface area (Å²) in [6.07, 6.45) is 7.53. The largest absolute Gasteiger partial charge is 0.290 e. The number of hydrogen-bond acceptors (Lipinski definition) is 3. The fourth-order valence-electron chi connectivity index (χ4n) is 6.53. The van der Waals surface area contributed by atoms with Crippen LogP contribution in [0.5, 0.6) is 0 Å². The average molecular weight is 447 g/mol. The van der Waals surface area contributed by atoms with Gasteiger partial charge < -0.3 is 0 Å². The minimum atomic E-state index is 0.922. The molecule has 0 fully saturated rings. The Morgan fingerprint density at radius 3 is 2.51 bits per heavy atom. The minimum absolute atomic E-state index is 0.922. The molecule has 4 heteroatoms. The quantitative estimate of drug-likeness (QED) is 0.243. The first-order valence-electron chi connectivity index (χ1n) is 12.0. The zero-order valence-corrected chi connectivity index (χ0v) is 18.8. The summed E-state index contributed by atoms with van der Waals surface area (Å²) in [5.74, 6) is 0. The van der Waals surface area contributed by atoms with Crippen LogP contribution in [0.25, 0.3) is 60.7 Å². The van der Waals surface area contributed by atoms with Gasteiger partial charge in [-0.3, -0.25) is 14.4 Å². The number of benzene rings is 3. The summed E-state index contributed by atoms with van der Waals surface area (Å²) >= 11 is 0. The Kier molecular flexibility index (Phi) is 3.11. The zero-order chi connectivity index (χ0) is 22.7. The molecule has 0 amide bonds. The maximum absolute atomic E-state index is 5.29. The molecule has 2 aliphatic rings. The highest BCUT2D eigenvalue weighted by molar-refractivity contribution is 6.12. The summed E-state index contributed by atoms with van der Waals surface area (Å²) < 4.78 is 2.28. The molecule has 0 saturated carbocycles. The first-order valence-corrected chi connectivity index (χ1v) is 12.0. The topological polar surface area (TPSA) is 43.1 Å². The van der Waals surface area contributed by atoms with Crippen LogP contribution in [0.1, 0.15) is 22.3 Å². The molecule has 0 saturated heterocycles. The molecule has 4 aromatic heterocycles. The van der Waals surface area contributed by atoms with Crippen molar-refractivity contribution in [1.29, 1.82) is 0 Å². The number of rotatable bonds is 0. The summed E-state index contributed by atoms with van der Waals surface area (Å²) in [5, 5.41) is 2.13. The molecule has 2 aliphatic carbocycles. The first kappa shape index (κ1) is 17.8. The lowest BCUT2D eigenvalue weighted by molar-refractivity contribution is 1.24. The molecule has 4 nitrogen and oxygen atoms in total. The van der Waals surface area contributed by atoms with E-state index in [1.165, 1.54) is 44.5 Å². The predicted octanol–water partition coefficient (Wildman–Crippen LogP) is 6.73. The Balaban J connectivity index is 1.39. The molecular weight excluding hydrogens is 428 g/mol. The maximum Gasteiger partial charge on any atom is 0.146 e. The summed E-state index contributed by atoms with van der Waals surface area (Å²) in [4.78, 5) is 14.4. The fraction of sp³-hybridized carbons (Fsp3) is 0.0645. The van der Waals surface area contributed by atoms with Gasteiger partial charge in [0.15, 0.2) is 0 Å². The smallest absolute Gasteiger partial charge is 0.146 e. The first-order chi connectivity index (χ1) is 17.4. The molecule has 0 atom stereocenters. The van der Waals surface area contributed by atoms with E-state index in [9.17, 15) is 0 Å². The molecule has 4 heterocycles. The van der Waals surface area contributed by atoms with Crippen molar-refractivity contribution in [1.82, 2.24) is 19.4 Å². The summed E-state index contributed by atoms with van der Waals surface area (Å²) in [5.41, 5.74) is 16.4. The molecule has 0 aliphatic heterocycles. The second-order valence-corrected chi connectivity index (χ2v) is 9.66. The van der Waals surface area contributed by atoms with Gasteiger partial charge in [0, 0.05) is 35.8 Å². The van der Waals surface area contributed by atoms with Crippen molar-refractivity contribution < 1.29 is 0 Å². The van der Waals surface area contributed by atoms with Crippen LogP contribution >= 0.6 is 0 Å². The van der Waals surface area contributed by atoms with E-state index in [0.29, 0.717) is 0 Å². The highest BCUT2D eigenvalue weighted by atomic mass is 15.0. The zero-order valence-electron chi connectivity index (χ0n) is 18.8. The van der Waals surface area contributed by atoms with Crippen LogP contribution in [-0.2, 0) is 12.8 Å². The third kappa shape index (κ3) is 2.11. The van der Waals surface area contributed by atoms with Crippen molar-refractivity contribution in [2.75, 3.05) is 0 Å². The number of pyridine rings is 3. The van der Waals surface area contributed by atoms with E-state index in [4.69, 9.17) is 9.97 Å². The van der Waals surface area contributed by atoms with Crippen molar-refractivity contribution in [2.45, 2.75) is 12.8 Å². The van der Waals surface area contributed by atoms with Gasteiger partial charge >= 0.3 is 0 Å². The maximum atomic E-state index is 5.29. The van der Waals surface area contributed by atoms with E-state index in [-0.39, 0.29) is 0 Å². The van der Waals surface area contributed by atoms with Gasteiger partial charge in [0.05, 0.1) is 22.1 Å². The van der Waals surface area contributed by atoms with Crippen LogP contribution in [0, 0.1) is 0 Å². The van der Waals surface area contributed by atoms with Gasteiger partial charge in [-0.25, -0.2) is 4.98 Å². The Bertz CT molecular complexity index is 2070. The normalized spacial score (nSPS) is 13.5. The van der Waals surface area contributed by atoms with Gasteiger partial charge in [-0.2, -0.15) is 0 Å². The fourth-order valence-corrected chi connectivity index (χ4v) is 6.53. The molecule has 35 heavy (non-hydrogen) atoms. The molecule has 3 aromatic carbocycles. The monoisotopic (exact) mass is 446 g/mol. The molecule has 0 N–H and O–H groups in total. The van der Waals surface area contributed by atoms with Crippen molar-refractivity contribution >= 4 is 38.5 Å². The predicted molar refractivity (Wildman–Crippen MR) is 140 cm³/mol. The lowest BCUT2D eigenvalue weighted by Gasteiger charge is -2.09. The van der Waals surface area contributed by atoms with E-state index >= 15 is 0 Å². The van der Waals surface area contributed by atoms with E-state index in [1.807, 2.05) is 24.7 Å². The number of aromatic nitrogens is 4. The lowest BCUT2D eigenvalue weighted by atomic mass is 9.95. The second kappa shape index (κ2) is 6.10.